The van der Waals surface area contributed by atoms with Gasteiger partial charge in [-0.3, -0.25) is 5.41 Å². The quantitative estimate of drug-likeness (QED) is 0.507. The van der Waals surface area contributed by atoms with Crippen molar-refractivity contribution in [2.24, 2.45) is 4.99 Å². The summed E-state index contributed by atoms with van der Waals surface area (Å²) in [6, 6.07) is 4.00. The molecule has 0 aliphatic rings. The Morgan fingerprint density at radius 3 is 2.75 bits per heavy atom. The molecule has 0 fully saturated rings. The molecule has 0 saturated heterocycles. The van der Waals surface area contributed by atoms with E-state index in [0.717, 1.165) is 12.0 Å². The van der Waals surface area contributed by atoms with Crippen LogP contribution >= 0.6 is 0 Å². The summed E-state index contributed by atoms with van der Waals surface area (Å²) in [5, 5.41) is 6.71. The molecular formula is C9H13N3. The van der Waals surface area contributed by atoms with Gasteiger partial charge in [-0.05, 0) is 18.1 Å². The largest absolute Gasteiger partial charge is 0.357 e. The summed E-state index contributed by atoms with van der Waals surface area (Å²) < 4.78 is 0. The normalized spacial score (nSPS) is 11.2. The molecule has 0 saturated carbocycles. The molecule has 0 bridgehead atoms. The highest BCUT2D eigenvalue weighted by atomic mass is 14.8. The minimum absolute atomic E-state index is 0.507. The number of hydrogen-bond donors (Lipinski definition) is 2. The SMILES string of the molecule is CC(C)c1ccc(/C=N\C=N)[nH]1. The van der Waals surface area contributed by atoms with Gasteiger partial charge in [-0.2, -0.15) is 0 Å². The molecule has 1 aromatic rings. The molecule has 0 atom stereocenters. The Kier molecular flexibility index (Phi) is 2.80. The molecule has 0 amide bonds. The fourth-order valence-corrected chi connectivity index (χ4v) is 0.959. The van der Waals surface area contributed by atoms with Crippen molar-refractivity contribution in [3.05, 3.63) is 23.5 Å². The van der Waals surface area contributed by atoms with Gasteiger partial charge in [0, 0.05) is 5.69 Å². The van der Waals surface area contributed by atoms with Crippen LogP contribution in [-0.4, -0.2) is 17.5 Å². The second-order valence-electron chi connectivity index (χ2n) is 2.93. The third-order valence-corrected chi connectivity index (χ3v) is 1.64. The summed E-state index contributed by atoms with van der Waals surface area (Å²) in [7, 11) is 0. The maximum Gasteiger partial charge on any atom is 0.106 e. The van der Waals surface area contributed by atoms with E-state index in [1.54, 1.807) is 6.21 Å². The summed E-state index contributed by atoms with van der Waals surface area (Å²) in [5.41, 5.74) is 2.14. The Balaban J connectivity index is 2.77. The molecule has 1 aromatic heterocycles. The standard InChI is InChI=1S/C9H13N3/c1-7(2)9-4-3-8(12-9)5-11-6-10/h3-7,10,12H,1-2H3/b10-6?,11-5-. The number of aromatic amines is 1. The molecule has 0 aromatic carbocycles. The van der Waals surface area contributed by atoms with E-state index in [0.29, 0.717) is 5.92 Å². The van der Waals surface area contributed by atoms with Crippen LogP contribution in [0.25, 0.3) is 0 Å². The number of aliphatic imine (C=N–C) groups is 1. The van der Waals surface area contributed by atoms with E-state index >= 15 is 0 Å². The van der Waals surface area contributed by atoms with Gasteiger partial charge in [-0.1, -0.05) is 13.8 Å². The molecule has 3 nitrogen and oxygen atoms in total. The van der Waals surface area contributed by atoms with Crippen LogP contribution in [-0.2, 0) is 0 Å². The lowest BCUT2D eigenvalue weighted by molar-refractivity contribution is 0.832. The number of nitrogens with one attached hydrogen (secondary N) is 2. The molecule has 0 radical (unpaired) electrons. The Labute approximate surface area is 72.0 Å². The predicted octanol–water partition coefficient (Wildman–Crippen LogP) is 2.16. The minimum atomic E-state index is 0.507. The van der Waals surface area contributed by atoms with Crippen LogP contribution in [0.5, 0.6) is 0 Å². The molecule has 1 rings (SSSR count). The van der Waals surface area contributed by atoms with Crippen molar-refractivity contribution < 1.29 is 0 Å². The molecule has 0 unspecified atom stereocenters. The minimum Gasteiger partial charge on any atom is -0.357 e. The van der Waals surface area contributed by atoms with Crippen LogP contribution in [0.2, 0.25) is 0 Å². The van der Waals surface area contributed by atoms with Crippen LogP contribution < -0.4 is 0 Å². The first-order valence-corrected chi connectivity index (χ1v) is 3.95. The lowest BCUT2D eigenvalue weighted by Crippen LogP contribution is -1.88. The second kappa shape index (κ2) is 3.85. The first-order chi connectivity index (χ1) is 5.74. The van der Waals surface area contributed by atoms with Crippen LogP contribution in [0.4, 0.5) is 0 Å². The van der Waals surface area contributed by atoms with Crippen molar-refractivity contribution in [1.29, 1.82) is 5.41 Å². The van der Waals surface area contributed by atoms with E-state index < -0.39 is 0 Å². The zero-order valence-electron chi connectivity index (χ0n) is 7.33. The molecule has 12 heavy (non-hydrogen) atoms. The smallest absolute Gasteiger partial charge is 0.106 e. The molecule has 0 aliphatic carbocycles. The Hall–Kier alpha value is -1.38. The third-order valence-electron chi connectivity index (χ3n) is 1.64. The van der Waals surface area contributed by atoms with Crippen LogP contribution in [0, 0.1) is 5.41 Å². The number of aromatic nitrogens is 1. The Morgan fingerprint density at radius 2 is 2.25 bits per heavy atom. The second-order valence-corrected chi connectivity index (χ2v) is 2.93. The van der Waals surface area contributed by atoms with Gasteiger partial charge in [0.1, 0.15) is 6.34 Å². The van der Waals surface area contributed by atoms with Gasteiger partial charge in [0.15, 0.2) is 0 Å². The van der Waals surface area contributed by atoms with Gasteiger partial charge in [0.25, 0.3) is 0 Å². The molecule has 0 spiro atoms. The molecule has 64 valence electrons. The first kappa shape index (κ1) is 8.71. The van der Waals surface area contributed by atoms with Crippen molar-refractivity contribution in [2.45, 2.75) is 19.8 Å². The van der Waals surface area contributed by atoms with E-state index in [2.05, 4.69) is 23.8 Å². The predicted molar refractivity (Wildman–Crippen MR) is 51.3 cm³/mol. The highest BCUT2D eigenvalue weighted by Crippen LogP contribution is 2.11. The number of rotatable bonds is 3. The summed E-state index contributed by atoms with van der Waals surface area (Å²) in [6.07, 6.45) is 2.66. The fraction of sp³-hybridized carbons (Fsp3) is 0.333. The maximum atomic E-state index is 6.71. The first-order valence-electron chi connectivity index (χ1n) is 3.95. The number of H-pyrrole nitrogens is 1. The van der Waals surface area contributed by atoms with Gasteiger partial charge in [0.05, 0.1) is 11.9 Å². The average molecular weight is 163 g/mol. The van der Waals surface area contributed by atoms with Crippen molar-refractivity contribution in [3.63, 3.8) is 0 Å². The van der Waals surface area contributed by atoms with Gasteiger partial charge in [-0.15, -0.1) is 0 Å². The van der Waals surface area contributed by atoms with Crippen LogP contribution in [0.1, 0.15) is 31.2 Å². The fourth-order valence-electron chi connectivity index (χ4n) is 0.959. The van der Waals surface area contributed by atoms with E-state index in [9.17, 15) is 0 Å². The monoisotopic (exact) mass is 163 g/mol. The van der Waals surface area contributed by atoms with Gasteiger partial charge in [-0.25, -0.2) is 4.99 Å². The summed E-state index contributed by atoms with van der Waals surface area (Å²) in [4.78, 5) is 6.89. The van der Waals surface area contributed by atoms with Crippen molar-refractivity contribution >= 4 is 12.6 Å². The van der Waals surface area contributed by atoms with E-state index in [1.165, 1.54) is 5.69 Å². The van der Waals surface area contributed by atoms with E-state index in [4.69, 9.17) is 5.41 Å². The zero-order valence-corrected chi connectivity index (χ0v) is 7.33. The van der Waals surface area contributed by atoms with Crippen molar-refractivity contribution in [2.75, 3.05) is 0 Å². The van der Waals surface area contributed by atoms with Gasteiger partial charge < -0.3 is 4.98 Å². The highest BCUT2D eigenvalue weighted by Gasteiger charge is 1.99. The van der Waals surface area contributed by atoms with Gasteiger partial charge >= 0.3 is 0 Å². The van der Waals surface area contributed by atoms with E-state index in [1.807, 2.05) is 12.1 Å². The molecular weight excluding hydrogens is 150 g/mol. The molecule has 3 heteroatoms. The zero-order chi connectivity index (χ0) is 8.97. The molecule has 1 heterocycles. The lowest BCUT2D eigenvalue weighted by atomic mass is 10.1. The molecule has 2 N–H and O–H groups in total. The highest BCUT2D eigenvalue weighted by molar-refractivity contribution is 5.83. The van der Waals surface area contributed by atoms with Gasteiger partial charge in [0.2, 0.25) is 0 Å². The topological polar surface area (TPSA) is 52.0 Å². The number of hydrogen-bond acceptors (Lipinski definition) is 1. The summed E-state index contributed by atoms with van der Waals surface area (Å²) in [5.74, 6) is 0.507. The number of nitrogens with zero attached hydrogens (tertiary/aromatic N) is 1. The third kappa shape index (κ3) is 2.05. The van der Waals surface area contributed by atoms with Crippen LogP contribution in [0.15, 0.2) is 17.1 Å². The lowest BCUT2D eigenvalue weighted by Gasteiger charge is -1.98. The average Bonchev–Trinajstić information content (AvgIpc) is 2.48. The summed E-state index contributed by atoms with van der Waals surface area (Å²) in [6.45, 7) is 4.26. The Morgan fingerprint density at radius 1 is 1.50 bits per heavy atom. The van der Waals surface area contributed by atoms with Crippen molar-refractivity contribution in [1.82, 2.24) is 4.98 Å². The maximum absolute atomic E-state index is 6.71. The van der Waals surface area contributed by atoms with E-state index in [-0.39, 0.29) is 0 Å². The van der Waals surface area contributed by atoms with Crippen molar-refractivity contribution in [3.8, 4) is 0 Å². The van der Waals surface area contributed by atoms with Crippen LogP contribution in [0.3, 0.4) is 0 Å². The Bertz CT molecular complexity index is 284. The summed E-state index contributed by atoms with van der Waals surface area (Å²) >= 11 is 0. The molecule has 0 aliphatic heterocycles.